The maximum atomic E-state index is 12.2. The number of hydrogen-bond acceptors (Lipinski definition) is 6. The van der Waals surface area contributed by atoms with Gasteiger partial charge in [0, 0.05) is 30.0 Å². The van der Waals surface area contributed by atoms with Gasteiger partial charge in [-0.15, -0.1) is 21.5 Å². The van der Waals surface area contributed by atoms with Gasteiger partial charge in [0.2, 0.25) is 0 Å². The highest BCUT2D eigenvalue weighted by Gasteiger charge is 2.28. The first kappa shape index (κ1) is 24.0. The van der Waals surface area contributed by atoms with Gasteiger partial charge < -0.3 is 9.64 Å². The zero-order valence-electron chi connectivity index (χ0n) is 20.6. The molecule has 0 N–H and O–H groups in total. The molecule has 4 heterocycles. The number of aryl methyl sites for hydroxylation is 2. The van der Waals surface area contributed by atoms with Crippen molar-refractivity contribution >= 4 is 23.0 Å². The summed E-state index contributed by atoms with van der Waals surface area (Å²) in [5.74, 6) is 2.17. The van der Waals surface area contributed by atoms with Gasteiger partial charge in [-0.3, -0.25) is 4.57 Å². The standard InChI is InChI=1S/C28H29N5O2S/c1-3-20-7-6-8-22(17-20)23-9-4-5-10-26-31-30-19(2)33(26)27-24(23)18-25(36-27)21-11-14-32(15-12-21)28(34)35-16-13-29/h4-9,17-18,21H,3,10-12,14-16H2,1-2H3/b5-4+,23-9+. The van der Waals surface area contributed by atoms with Crippen LogP contribution in [-0.4, -0.2) is 45.5 Å². The van der Waals surface area contributed by atoms with Gasteiger partial charge in [0.05, 0.1) is 0 Å². The predicted molar refractivity (Wildman–Crippen MR) is 140 cm³/mol. The van der Waals surface area contributed by atoms with E-state index in [2.05, 4.69) is 70.2 Å². The van der Waals surface area contributed by atoms with Crippen LogP contribution in [-0.2, 0) is 17.6 Å². The number of carbonyl (C=O) groups is 1. The van der Waals surface area contributed by atoms with Crippen molar-refractivity contribution in [1.29, 1.82) is 5.26 Å². The third kappa shape index (κ3) is 4.71. The molecule has 36 heavy (non-hydrogen) atoms. The van der Waals surface area contributed by atoms with Crippen LogP contribution in [0, 0.1) is 18.3 Å². The number of amides is 1. The van der Waals surface area contributed by atoms with Gasteiger partial charge in [0.1, 0.15) is 22.7 Å². The van der Waals surface area contributed by atoms with Gasteiger partial charge in [-0.25, -0.2) is 4.79 Å². The Balaban J connectivity index is 1.53. The number of likely N-dealkylation sites (tertiary alicyclic amines) is 1. The zero-order valence-corrected chi connectivity index (χ0v) is 21.4. The van der Waals surface area contributed by atoms with E-state index in [1.807, 2.05) is 13.0 Å². The molecule has 3 aromatic rings. The summed E-state index contributed by atoms with van der Waals surface area (Å²) in [6.07, 6.45) is 9.51. The summed E-state index contributed by atoms with van der Waals surface area (Å²) in [4.78, 5) is 15.2. The van der Waals surface area contributed by atoms with Gasteiger partial charge in [0.15, 0.2) is 6.61 Å². The number of benzene rings is 1. The Kier molecular flexibility index (Phi) is 7.01. The predicted octanol–water partition coefficient (Wildman–Crippen LogP) is 5.58. The number of ether oxygens (including phenoxy) is 1. The number of nitrogens with zero attached hydrogens (tertiary/aromatic N) is 5. The van der Waals surface area contributed by atoms with E-state index in [0.717, 1.165) is 42.3 Å². The van der Waals surface area contributed by atoms with Crippen LogP contribution in [0.5, 0.6) is 0 Å². The third-order valence-electron chi connectivity index (χ3n) is 6.88. The molecule has 1 saturated heterocycles. The second-order valence-electron chi connectivity index (χ2n) is 9.11. The minimum atomic E-state index is -0.401. The Morgan fingerprint density at radius 3 is 2.86 bits per heavy atom. The monoisotopic (exact) mass is 499 g/mol. The van der Waals surface area contributed by atoms with E-state index in [0.29, 0.717) is 19.0 Å². The molecule has 7 nitrogen and oxygen atoms in total. The molecule has 0 unspecified atom stereocenters. The lowest BCUT2D eigenvalue weighted by molar-refractivity contribution is 0.103. The highest BCUT2D eigenvalue weighted by Crippen LogP contribution is 2.42. The van der Waals surface area contributed by atoms with Crippen molar-refractivity contribution in [2.45, 2.75) is 45.4 Å². The lowest BCUT2D eigenvalue weighted by Crippen LogP contribution is -2.38. The number of carbonyl (C=O) groups excluding carboxylic acids is 1. The number of rotatable bonds is 4. The fraction of sp³-hybridized carbons (Fsp3) is 0.357. The van der Waals surface area contributed by atoms with Crippen LogP contribution in [0.25, 0.3) is 10.6 Å². The van der Waals surface area contributed by atoms with Crippen LogP contribution in [0.3, 0.4) is 0 Å². The summed E-state index contributed by atoms with van der Waals surface area (Å²) in [7, 11) is 0. The highest BCUT2D eigenvalue weighted by molar-refractivity contribution is 7.15. The Hall–Kier alpha value is -3.70. The number of thiophene rings is 1. The molecule has 0 radical (unpaired) electrons. The summed E-state index contributed by atoms with van der Waals surface area (Å²) in [6.45, 7) is 5.23. The fourth-order valence-electron chi connectivity index (χ4n) is 4.93. The van der Waals surface area contributed by atoms with Crippen molar-refractivity contribution < 1.29 is 9.53 Å². The van der Waals surface area contributed by atoms with E-state index in [4.69, 9.17) is 10.00 Å². The Morgan fingerprint density at radius 1 is 1.25 bits per heavy atom. The third-order valence-corrected chi connectivity index (χ3v) is 8.16. The van der Waals surface area contributed by atoms with Crippen LogP contribution in [0.15, 0.2) is 48.6 Å². The SMILES string of the molecule is CCc1cccc(/C2=C\C=C\Cc3nnc(C)n3-c3sc(C4CCN(C(=O)OCC#N)CC4)cc32)c1. The molecule has 2 aromatic heterocycles. The number of allylic oxidation sites excluding steroid dienone is 3. The fourth-order valence-corrected chi connectivity index (χ4v) is 6.34. The molecule has 0 spiro atoms. The van der Waals surface area contributed by atoms with Crippen LogP contribution in [0.1, 0.15) is 58.9 Å². The Labute approximate surface area is 215 Å². The maximum Gasteiger partial charge on any atom is 0.410 e. The number of piperidine rings is 1. The molecule has 0 aliphatic carbocycles. The summed E-state index contributed by atoms with van der Waals surface area (Å²) in [5, 5.41) is 18.7. The zero-order chi connectivity index (χ0) is 25.1. The molecule has 1 aromatic carbocycles. The lowest BCUT2D eigenvalue weighted by Gasteiger charge is -2.30. The molecule has 1 fully saturated rings. The molecule has 5 rings (SSSR count). The largest absolute Gasteiger partial charge is 0.434 e. The molecular weight excluding hydrogens is 470 g/mol. The molecule has 2 aliphatic heterocycles. The van der Waals surface area contributed by atoms with E-state index >= 15 is 0 Å². The smallest absolute Gasteiger partial charge is 0.410 e. The minimum Gasteiger partial charge on any atom is -0.434 e. The molecule has 0 bridgehead atoms. The molecule has 0 atom stereocenters. The Bertz CT molecular complexity index is 1370. The summed E-state index contributed by atoms with van der Waals surface area (Å²) >= 11 is 1.80. The van der Waals surface area contributed by atoms with Crippen molar-refractivity contribution in [1.82, 2.24) is 19.7 Å². The summed E-state index contributed by atoms with van der Waals surface area (Å²) in [5.41, 5.74) is 4.90. The van der Waals surface area contributed by atoms with Gasteiger partial charge in [-0.05, 0) is 54.9 Å². The van der Waals surface area contributed by atoms with E-state index in [1.54, 1.807) is 16.2 Å². The van der Waals surface area contributed by atoms with Crippen LogP contribution in [0.4, 0.5) is 4.79 Å². The normalized spacial score (nSPS) is 18.0. The molecule has 2 aliphatic rings. The van der Waals surface area contributed by atoms with E-state index in [-0.39, 0.29) is 6.61 Å². The van der Waals surface area contributed by atoms with E-state index in [9.17, 15) is 4.79 Å². The summed E-state index contributed by atoms with van der Waals surface area (Å²) < 4.78 is 7.20. The number of fused-ring (bicyclic) bond motifs is 3. The molecule has 184 valence electrons. The second-order valence-corrected chi connectivity index (χ2v) is 10.2. The van der Waals surface area contributed by atoms with Crippen molar-refractivity contribution in [3.63, 3.8) is 0 Å². The lowest BCUT2D eigenvalue weighted by atomic mass is 9.92. The van der Waals surface area contributed by atoms with E-state index in [1.165, 1.54) is 27.1 Å². The quantitative estimate of drug-likeness (QED) is 0.468. The van der Waals surface area contributed by atoms with Gasteiger partial charge in [-0.1, -0.05) is 49.4 Å². The molecule has 0 saturated carbocycles. The van der Waals surface area contributed by atoms with E-state index < -0.39 is 6.09 Å². The number of hydrogen-bond donors (Lipinski definition) is 0. The first-order valence-corrected chi connectivity index (χ1v) is 13.2. The average Bonchev–Trinajstić information content (AvgIpc) is 3.51. The molecule has 1 amide bonds. The van der Waals surface area contributed by atoms with Gasteiger partial charge >= 0.3 is 6.09 Å². The Morgan fingerprint density at radius 2 is 2.08 bits per heavy atom. The minimum absolute atomic E-state index is 0.209. The van der Waals surface area contributed by atoms with Crippen molar-refractivity contribution in [2.75, 3.05) is 19.7 Å². The van der Waals surface area contributed by atoms with Crippen LogP contribution >= 0.6 is 11.3 Å². The maximum absolute atomic E-state index is 12.2. The number of aromatic nitrogens is 3. The van der Waals surface area contributed by atoms with Crippen LogP contribution < -0.4 is 0 Å². The van der Waals surface area contributed by atoms with Crippen molar-refractivity contribution in [3.05, 3.63) is 81.8 Å². The molecular formula is C28H29N5O2S. The van der Waals surface area contributed by atoms with Crippen molar-refractivity contribution in [2.24, 2.45) is 0 Å². The topological polar surface area (TPSA) is 84.0 Å². The van der Waals surface area contributed by atoms with Gasteiger partial charge in [-0.2, -0.15) is 5.26 Å². The van der Waals surface area contributed by atoms with Gasteiger partial charge in [0.25, 0.3) is 0 Å². The van der Waals surface area contributed by atoms with Crippen LogP contribution in [0.2, 0.25) is 0 Å². The second kappa shape index (κ2) is 10.5. The first-order chi connectivity index (χ1) is 17.6. The number of nitriles is 1. The van der Waals surface area contributed by atoms with Crippen molar-refractivity contribution in [3.8, 4) is 11.1 Å². The molecule has 8 heteroatoms. The first-order valence-electron chi connectivity index (χ1n) is 12.4. The average molecular weight is 500 g/mol. The highest BCUT2D eigenvalue weighted by atomic mass is 32.1. The summed E-state index contributed by atoms with van der Waals surface area (Å²) in [6, 6.07) is 13.0.